The Balaban J connectivity index is 2.34. The maximum absolute atomic E-state index is 12.6. The van der Waals surface area contributed by atoms with Crippen LogP contribution in [0.2, 0.25) is 0 Å². The second-order valence-corrected chi connectivity index (χ2v) is 6.69. The number of Topliss-reactive ketones (excluding diaryl/α,β-unsaturated/α-hetero) is 1. The molecule has 2 atom stereocenters. The summed E-state index contributed by atoms with van der Waals surface area (Å²) >= 11 is 0. The van der Waals surface area contributed by atoms with E-state index in [2.05, 4.69) is 0 Å². The maximum atomic E-state index is 12.6. The van der Waals surface area contributed by atoms with Crippen LogP contribution in [0.4, 0.5) is 11.4 Å². The first-order chi connectivity index (χ1) is 13.9. The van der Waals surface area contributed by atoms with Crippen molar-refractivity contribution in [1.29, 1.82) is 0 Å². The number of hydrogen-bond acceptors (Lipinski definition) is 11. The lowest BCUT2D eigenvalue weighted by Crippen LogP contribution is -2.53. The van der Waals surface area contributed by atoms with Crippen molar-refractivity contribution in [3.63, 3.8) is 0 Å². The van der Waals surface area contributed by atoms with Gasteiger partial charge >= 0.3 is 11.9 Å². The van der Waals surface area contributed by atoms with E-state index >= 15 is 0 Å². The number of nitro groups is 2. The van der Waals surface area contributed by atoms with Gasteiger partial charge in [-0.05, 0) is 13.8 Å². The Labute approximate surface area is 169 Å². The second kappa shape index (κ2) is 8.92. The number of rotatable bonds is 7. The van der Waals surface area contributed by atoms with Gasteiger partial charge in [0.2, 0.25) is 0 Å². The minimum absolute atomic E-state index is 0.353. The molecule has 162 valence electrons. The molecule has 1 fully saturated rings. The third kappa shape index (κ3) is 5.78. The van der Waals surface area contributed by atoms with Gasteiger partial charge < -0.3 is 18.9 Å². The van der Waals surface area contributed by atoms with E-state index in [-0.39, 0.29) is 6.61 Å². The predicted octanol–water partition coefficient (Wildman–Crippen LogP) is 1.31. The SMILES string of the molecule is CC(=O)OC[C@H](OC(=O)c1cc([N+](=O)[O-])cc([N+](=O)[O-])c1)[C@@H]1OC(C)(C)OCC1=O. The van der Waals surface area contributed by atoms with Gasteiger partial charge in [-0.3, -0.25) is 29.8 Å². The fourth-order valence-corrected chi connectivity index (χ4v) is 2.53. The smallest absolute Gasteiger partial charge is 0.339 e. The molecule has 0 amide bonds. The lowest BCUT2D eigenvalue weighted by atomic mass is 10.1. The van der Waals surface area contributed by atoms with Gasteiger partial charge in [0, 0.05) is 19.1 Å². The monoisotopic (exact) mass is 426 g/mol. The molecule has 0 spiro atoms. The zero-order chi connectivity index (χ0) is 22.6. The van der Waals surface area contributed by atoms with E-state index in [1.807, 2.05) is 0 Å². The number of esters is 2. The second-order valence-electron chi connectivity index (χ2n) is 6.69. The minimum atomic E-state index is -1.42. The number of carbonyl (C=O) groups excluding carboxylic acids is 3. The van der Waals surface area contributed by atoms with Gasteiger partial charge in [0.05, 0.1) is 21.5 Å². The van der Waals surface area contributed by atoms with Crippen molar-refractivity contribution in [2.45, 2.75) is 38.8 Å². The first kappa shape index (κ1) is 22.8. The minimum Gasteiger partial charge on any atom is -0.462 e. The number of ether oxygens (including phenoxy) is 4. The molecule has 1 aromatic rings. The first-order valence-electron chi connectivity index (χ1n) is 8.52. The zero-order valence-corrected chi connectivity index (χ0v) is 16.2. The molecular formula is C17H18N2O11. The summed E-state index contributed by atoms with van der Waals surface area (Å²) in [7, 11) is 0. The van der Waals surface area contributed by atoms with Gasteiger partial charge in [0.25, 0.3) is 11.4 Å². The molecule has 1 heterocycles. The number of benzene rings is 1. The Bertz CT molecular complexity index is 863. The van der Waals surface area contributed by atoms with Gasteiger partial charge in [-0.15, -0.1) is 0 Å². The molecule has 0 bridgehead atoms. The molecule has 1 saturated heterocycles. The van der Waals surface area contributed by atoms with E-state index in [0.29, 0.717) is 6.07 Å². The van der Waals surface area contributed by atoms with Crippen molar-refractivity contribution in [3.05, 3.63) is 44.0 Å². The highest BCUT2D eigenvalue weighted by Crippen LogP contribution is 2.26. The van der Waals surface area contributed by atoms with E-state index in [0.717, 1.165) is 19.1 Å². The van der Waals surface area contributed by atoms with E-state index in [4.69, 9.17) is 18.9 Å². The fourth-order valence-electron chi connectivity index (χ4n) is 2.53. The summed E-state index contributed by atoms with van der Waals surface area (Å²) in [4.78, 5) is 56.1. The molecule has 1 aromatic carbocycles. The summed E-state index contributed by atoms with van der Waals surface area (Å²) in [5.74, 6) is -3.73. The molecule has 0 unspecified atom stereocenters. The highest BCUT2D eigenvalue weighted by Gasteiger charge is 2.42. The number of hydrogen-bond donors (Lipinski definition) is 0. The van der Waals surface area contributed by atoms with Crippen LogP contribution in [0.3, 0.4) is 0 Å². The number of nitrogens with zero attached hydrogens (tertiary/aromatic N) is 2. The molecule has 0 aliphatic carbocycles. The predicted molar refractivity (Wildman–Crippen MR) is 95.5 cm³/mol. The molecule has 13 heteroatoms. The van der Waals surface area contributed by atoms with E-state index in [1.165, 1.54) is 13.8 Å². The molecule has 1 aliphatic rings. The highest BCUT2D eigenvalue weighted by molar-refractivity contribution is 5.92. The Hall–Kier alpha value is -3.45. The van der Waals surface area contributed by atoms with Gasteiger partial charge in [0.15, 0.2) is 23.8 Å². The van der Waals surface area contributed by atoms with Gasteiger partial charge in [-0.25, -0.2) is 4.79 Å². The van der Waals surface area contributed by atoms with Crippen molar-refractivity contribution in [2.24, 2.45) is 0 Å². The third-order valence-corrected chi connectivity index (χ3v) is 3.90. The summed E-state index contributed by atoms with van der Waals surface area (Å²) in [6, 6.07) is 2.25. The lowest BCUT2D eigenvalue weighted by Gasteiger charge is -2.37. The van der Waals surface area contributed by atoms with E-state index < -0.39 is 69.1 Å². The Morgan fingerprint density at radius 3 is 2.27 bits per heavy atom. The quantitative estimate of drug-likeness (QED) is 0.349. The number of carbonyl (C=O) groups is 3. The van der Waals surface area contributed by atoms with E-state index in [1.54, 1.807) is 0 Å². The Morgan fingerprint density at radius 2 is 1.77 bits per heavy atom. The highest BCUT2D eigenvalue weighted by atomic mass is 16.7. The third-order valence-electron chi connectivity index (χ3n) is 3.90. The van der Waals surface area contributed by atoms with Crippen molar-refractivity contribution >= 4 is 29.1 Å². The molecular weight excluding hydrogens is 408 g/mol. The molecule has 2 rings (SSSR count). The summed E-state index contributed by atoms with van der Waals surface area (Å²) in [5, 5.41) is 22.0. The number of ketones is 1. The Morgan fingerprint density at radius 1 is 1.20 bits per heavy atom. The Kier molecular flexibility index (Phi) is 6.79. The molecule has 0 N–H and O–H groups in total. The van der Waals surface area contributed by atoms with Crippen molar-refractivity contribution in [2.75, 3.05) is 13.2 Å². The average Bonchev–Trinajstić information content (AvgIpc) is 2.66. The molecule has 13 nitrogen and oxygen atoms in total. The summed E-state index contributed by atoms with van der Waals surface area (Å²) in [6.07, 6.45) is -2.78. The van der Waals surface area contributed by atoms with Crippen LogP contribution in [0, 0.1) is 20.2 Å². The number of nitro benzene ring substituents is 2. The lowest BCUT2D eigenvalue weighted by molar-refractivity contribution is -0.394. The molecule has 0 radical (unpaired) electrons. The number of non-ortho nitro benzene ring substituents is 2. The molecule has 0 aromatic heterocycles. The molecule has 30 heavy (non-hydrogen) atoms. The zero-order valence-electron chi connectivity index (χ0n) is 16.2. The normalized spacial score (nSPS) is 18.9. The summed E-state index contributed by atoms with van der Waals surface area (Å²) in [5.41, 5.74) is -1.90. The average molecular weight is 426 g/mol. The summed E-state index contributed by atoms with van der Waals surface area (Å²) < 4.78 is 20.7. The standard InChI is InChI=1S/C17H18N2O11/c1-9(20)27-8-14(15-13(21)7-28-17(2,3)30-15)29-16(22)10-4-11(18(23)24)6-12(5-10)19(25)26/h4-6,14-15H,7-8H2,1-3H3/t14-,15+/m0/s1. The molecule has 1 aliphatic heterocycles. The van der Waals surface area contributed by atoms with Crippen LogP contribution in [-0.4, -0.2) is 58.8 Å². The van der Waals surface area contributed by atoms with Crippen LogP contribution in [0.25, 0.3) is 0 Å². The van der Waals surface area contributed by atoms with Crippen molar-refractivity contribution in [1.82, 2.24) is 0 Å². The van der Waals surface area contributed by atoms with Crippen LogP contribution >= 0.6 is 0 Å². The van der Waals surface area contributed by atoms with Gasteiger partial charge in [0.1, 0.15) is 13.2 Å². The van der Waals surface area contributed by atoms with Gasteiger partial charge in [-0.1, -0.05) is 0 Å². The fraction of sp³-hybridized carbons (Fsp3) is 0.471. The van der Waals surface area contributed by atoms with Crippen molar-refractivity contribution in [3.8, 4) is 0 Å². The first-order valence-corrected chi connectivity index (χ1v) is 8.52. The van der Waals surface area contributed by atoms with Crippen LogP contribution in [0.1, 0.15) is 31.1 Å². The largest absolute Gasteiger partial charge is 0.462 e. The van der Waals surface area contributed by atoms with Crippen LogP contribution in [-0.2, 0) is 28.5 Å². The summed E-state index contributed by atoms with van der Waals surface area (Å²) in [6.45, 7) is 3.22. The van der Waals surface area contributed by atoms with Gasteiger partial charge in [-0.2, -0.15) is 0 Å². The van der Waals surface area contributed by atoms with Crippen LogP contribution < -0.4 is 0 Å². The van der Waals surface area contributed by atoms with Crippen molar-refractivity contribution < 1.29 is 43.2 Å². The molecule has 0 saturated carbocycles. The maximum Gasteiger partial charge on any atom is 0.339 e. The van der Waals surface area contributed by atoms with Crippen LogP contribution in [0.5, 0.6) is 0 Å². The van der Waals surface area contributed by atoms with E-state index in [9.17, 15) is 34.6 Å². The topological polar surface area (TPSA) is 174 Å². The van der Waals surface area contributed by atoms with Crippen LogP contribution in [0.15, 0.2) is 18.2 Å².